The molecule has 5 aromatic rings. The molecular formula is C33H30ClN7O5. The quantitative estimate of drug-likeness (QED) is 0.176. The van der Waals surface area contributed by atoms with Gasteiger partial charge in [0.05, 0.1) is 37.0 Å². The molecule has 46 heavy (non-hydrogen) atoms. The van der Waals surface area contributed by atoms with Crippen molar-refractivity contribution in [2.45, 2.75) is 25.8 Å². The molecular weight excluding hydrogens is 610 g/mol. The number of aromatic nitrogens is 4. The highest BCUT2D eigenvalue weighted by molar-refractivity contribution is 6.30. The standard InChI is InChI=1S/C33H30ClN7O5/c1-18-39-40-33-26(38-31(19-3-5-20(34)6-4-19)24-15-22(46-2)8-11-27(24)41(18)33)16-29(43)36-17-30(44)35-14-13-21-7-9-23-25(37-21)10-12-28(42)32(23)45/h3-12,15,26,42,45H,13-14,16-17H2,1-2H3,(H,35,44)(H,36,43)/t26-/m0/s1. The van der Waals surface area contributed by atoms with Crippen LogP contribution in [0.15, 0.2) is 71.7 Å². The Labute approximate surface area is 268 Å². The number of halogens is 1. The van der Waals surface area contributed by atoms with Crippen molar-refractivity contribution in [3.05, 3.63) is 100 Å². The van der Waals surface area contributed by atoms with E-state index in [-0.39, 0.29) is 36.3 Å². The zero-order chi connectivity index (χ0) is 32.4. The van der Waals surface area contributed by atoms with Gasteiger partial charge in [-0.2, -0.15) is 0 Å². The number of phenolic OH excluding ortho intramolecular Hbond substituents is 2. The monoisotopic (exact) mass is 639 g/mol. The summed E-state index contributed by atoms with van der Waals surface area (Å²) in [4.78, 5) is 35.2. The number of aromatic hydroxyl groups is 2. The number of ether oxygens (including phenoxy) is 1. The number of aliphatic imine (C=N–C) groups is 1. The van der Waals surface area contributed by atoms with Crippen molar-refractivity contribution < 1.29 is 24.5 Å². The van der Waals surface area contributed by atoms with Crippen LogP contribution in [0, 0.1) is 6.92 Å². The third-order valence-corrected chi connectivity index (χ3v) is 7.91. The minimum absolute atomic E-state index is 0.0724. The first-order chi connectivity index (χ1) is 22.2. The number of hydrogen-bond acceptors (Lipinski definition) is 9. The van der Waals surface area contributed by atoms with Crippen LogP contribution in [-0.4, -0.2) is 67.7 Å². The van der Waals surface area contributed by atoms with Gasteiger partial charge in [-0.1, -0.05) is 23.7 Å². The fourth-order valence-corrected chi connectivity index (χ4v) is 5.48. The minimum Gasteiger partial charge on any atom is -0.504 e. The summed E-state index contributed by atoms with van der Waals surface area (Å²) < 4.78 is 7.39. The van der Waals surface area contributed by atoms with Gasteiger partial charge in [0.25, 0.3) is 0 Å². The van der Waals surface area contributed by atoms with Crippen LogP contribution in [0.2, 0.25) is 5.02 Å². The number of phenols is 2. The van der Waals surface area contributed by atoms with Crippen LogP contribution in [0.1, 0.15) is 40.9 Å². The van der Waals surface area contributed by atoms with Crippen molar-refractivity contribution in [3.63, 3.8) is 0 Å². The van der Waals surface area contributed by atoms with E-state index in [2.05, 4.69) is 25.8 Å². The molecule has 6 rings (SSSR count). The highest BCUT2D eigenvalue weighted by Gasteiger charge is 2.30. The highest BCUT2D eigenvalue weighted by Crippen LogP contribution is 2.35. The number of rotatable bonds is 9. The van der Waals surface area contributed by atoms with E-state index in [1.807, 2.05) is 41.8 Å². The number of hydrogen-bond donors (Lipinski definition) is 4. The molecule has 0 bridgehead atoms. The number of fused-ring (bicyclic) bond motifs is 4. The molecule has 234 valence electrons. The minimum atomic E-state index is -0.700. The molecule has 0 unspecified atom stereocenters. The summed E-state index contributed by atoms with van der Waals surface area (Å²) >= 11 is 6.17. The van der Waals surface area contributed by atoms with Gasteiger partial charge in [-0.05, 0) is 61.5 Å². The third kappa shape index (κ3) is 6.20. The number of methoxy groups -OCH3 is 1. The van der Waals surface area contributed by atoms with E-state index in [1.165, 1.54) is 6.07 Å². The van der Waals surface area contributed by atoms with Crippen molar-refractivity contribution in [1.82, 2.24) is 30.4 Å². The molecule has 2 aromatic heterocycles. The molecule has 0 saturated carbocycles. The number of nitrogens with one attached hydrogen (secondary N) is 2. The van der Waals surface area contributed by atoms with E-state index in [9.17, 15) is 19.8 Å². The average molecular weight is 640 g/mol. The predicted molar refractivity (Wildman–Crippen MR) is 172 cm³/mol. The molecule has 0 radical (unpaired) electrons. The van der Waals surface area contributed by atoms with Crippen molar-refractivity contribution in [1.29, 1.82) is 0 Å². The van der Waals surface area contributed by atoms with Crippen LogP contribution >= 0.6 is 11.6 Å². The fourth-order valence-electron chi connectivity index (χ4n) is 5.35. The smallest absolute Gasteiger partial charge is 0.239 e. The van der Waals surface area contributed by atoms with E-state index < -0.39 is 6.04 Å². The van der Waals surface area contributed by atoms with Crippen molar-refractivity contribution in [2.24, 2.45) is 4.99 Å². The summed E-state index contributed by atoms with van der Waals surface area (Å²) in [6, 6.07) is 18.6. The maximum atomic E-state index is 13.2. The van der Waals surface area contributed by atoms with E-state index >= 15 is 0 Å². The molecule has 1 aliphatic rings. The lowest BCUT2D eigenvalue weighted by atomic mass is 10.00. The lowest BCUT2D eigenvalue weighted by Gasteiger charge is -2.14. The first-order valence-corrected chi connectivity index (χ1v) is 14.9. The zero-order valence-corrected chi connectivity index (χ0v) is 25.7. The van der Waals surface area contributed by atoms with Gasteiger partial charge in [0.2, 0.25) is 11.8 Å². The zero-order valence-electron chi connectivity index (χ0n) is 25.0. The summed E-state index contributed by atoms with van der Waals surface area (Å²) in [6.07, 6.45) is 0.360. The Kier molecular flexibility index (Phi) is 8.53. The highest BCUT2D eigenvalue weighted by atomic mass is 35.5. The Balaban J connectivity index is 1.14. The molecule has 3 heterocycles. The Morgan fingerprint density at radius 2 is 1.78 bits per heavy atom. The maximum absolute atomic E-state index is 13.2. The van der Waals surface area contributed by atoms with Crippen LogP contribution in [-0.2, 0) is 16.0 Å². The molecule has 1 atom stereocenters. The number of nitrogens with zero attached hydrogens (tertiary/aromatic N) is 5. The van der Waals surface area contributed by atoms with Gasteiger partial charge < -0.3 is 25.6 Å². The van der Waals surface area contributed by atoms with Crippen LogP contribution < -0.4 is 15.4 Å². The second-order valence-corrected chi connectivity index (χ2v) is 11.1. The Morgan fingerprint density at radius 3 is 2.57 bits per heavy atom. The fraction of sp³-hybridized carbons (Fsp3) is 0.212. The third-order valence-electron chi connectivity index (χ3n) is 7.66. The molecule has 12 nitrogen and oxygen atoms in total. The normalized spacial score (nSPS) is 13.7. The molecule has 0 fully saturated rings. The summed E-state index contributed by atoms with van der Waals surface area (Å²) in [7, 11) is 1.59. The van der Waals surface area contributed by atoms with Crippen LogP contribution in [0.25, 0.3) is 16.6 Å². The Bertz CT molecular complexity index is 1990. The number of pyridine rings is 1. The van der Waals surface area contributed by atoms with E-state index in [4.69, 9.17) is 21.3 Å². The molecule has 4 N–H and O–H groups in total. The molecule has 0 spiro atoms. The van der Waals surface area contributed by atoms with Gasteiger partial charge in [-0.25, -0.2) is 0 Å². The summed E-state index contributed by atoms with van der Waals surface area (Å²) in [5.41, 5.74) is 4.24. The van der Waals surface area contributed by atoms with Gasteiger partial charge in [0.15, 0.2) is 17.3 Å². The molecule has 13 heteroatoms. The van der Waals surface area contributed by atoms with Gasteiger partial charge >= 0.3 is 0 Å². The Hall–Kier alpha value is -5.49. The van der Waals surface area contributed by atoms with Gasteiger partial charge in [-0.3, -0.25) is 24.1 Å². The van der Waals surface area contributed by atoms with Crippen LogP contribution in [0.4, 0.5) is 0 Å². The topological polar surface area (TPSA) is 164 Å². The summed E-state index contributed by atoms with van der Waals surface area (Å²) in [5.74, 6) is 0.596. The molecule has 0 aliphatic carbocycles. The second kappa shape index (κ2) is 12.9. The molecule has 3 aromatic carbocycles. The molecule has 2 amide bonds. The number of aryl methyl sites for hydroxylation is 1. The van der Waals surface area contributed by atoms with Crippen molar-refractivity contribution in [3.8, 4) is 22.9 Å². The van der Waals surface area contributed by atoms with Crippen LogP contribution in [0.5, 0.6) is 17.2 Å². The van der Waals surface area contributed by atoms with Crippen LogP contribution in [0.3, 0.4) is 0 Å². The second-order valence-electron chi connectivity index (χ2n) is 10.7. The first kappa shape index (κ1) is 30.5. The Morgan fingerprint density at radius 1 is 0.978 bits per heavy atom. The number of carbonyl (C=O) groups is 2. The first-order valence-electron chi connectivity index (χ1n) is 14.5. The predicted octanol–water partition coefficient (Wildman–Crippen LogP) is 3.95. The van der Waals surface area contributed by atoms with E-state index in [0.717, 1.165) is 16.8 Å². The van der Waals surface area contributed by atoms with Gasteiger partial charge in [0.1, 0.15) is 17.6 Å². The SMILES string of the molecule is COc1ccc2c(c1)C(c1ccc(Cl)cc1)=N[C@@H](CC(=O)NCC(=O)NCCc1ccc3c(O)c(O)ccc3n1)c1nnc(C)n1-2. The summed E-state index contributed by atoms with van der Waals surface area (Å²) in [5, 5.41) is 34.8. The largest absolute Gasteiger partial charge is 0.504 e. The average Bonchev–Trinajstić information content (AvgIpc) is 3.38. The van der Waals surface area contributed by atoms with Gasteiger partial charge in [-0.15, -0.1) is 10.2 Å². The van der Waals surface area contributed by atoms with E-state index in [1.54, 1.807) is 37.4 Å². The lowest BCUT2D eigenvalue weighted by molar-refractivity contribution is -0.126. The molecule has 0 saturated heterocycles. The number of carbonyl (C=O) groups excluding carboxylic acids is 2. The number of benzene rings is 3. The van der Waals surface area contributed by atoms with Crippen molar-refractivity contribution >= 4 is 40.0 Å². The number of amides is 2. The maximum Gasteiger partial charge on any atom is 0.239 e. The van der Waals surface area contributed by atoms with Crippen molar-refractivity contribution in [2.75, 3.05) is 20.2 Å². The van der Waals surface area contributed by atoms with Gasteiger partial charge in [0, 0.05) is 40.2 Å². The summed E-state index contributed by atoms with van der Waals surface area (Å²) in [6.45, 7) is 1.90. The van der Waals surface area contributed by atoms with E-state index in [0.29, 0.717) is 57.7 Å². The molecule has 1 aliphatic heterocycles. The lowest BCUT2D eigenvalue weighted by Crippen LogP contribution is -2.38.